The highest BCUT2D eigenvalue weighted by atomic mass is 16.5. The number of carboxylic acid groups (broad SMARTS) is 1. The number of aliphatic carboxylic acids is 1. The molecular weight excluding hydrogens is 228 g/mol. The van der Waals surface area contributed by atoms with Crippen LogP contribution in [-0.2, 0) is 17.6 Å². The van der Waals surface area contributed by atoms with E-state index in [4.69, 9.17) is 4.74 Å². The van der Waals surface area contributed by atoms with E-state index in [-0.39, 0.29) is 0 Å². The van der Waals surface area contributed by atoms with Crippen LogP contribution in [0.2, 0.25) is 0 Å². The molecule has 1 atom stereocenters. The molecule has 0 aromatic heterocycles. The molecule has 0 bridgehead atoms. The molecule has 3 nitrogen and oxygen atoms in total. The van der Waals surface area contributed by atoms with Crippen molar-refractivity contribution in [1.82, 2.24) is 0 Å². The van der Waals surface area contributed by atoms with Crippen molar-refractivity contribution < 1.29 is 14.6 Å². The Hall–Kier alpha value is -1.77. The van der Waals surface area contributed by atoms with Gasteiger partial charge >= 0.3 is 5.97 Å². The number of ether oxygens (including phenoxy) is 1. The Morgan fingerprint density at radius 2 is 2.39 bits per heavy atom. The Labute approximate surface area is 107 Å². The van der Waals surface area contributed by atoms with E-state index in [1.165, 1.54) is 11.6 Å². The average Bonchev–Trinajstić information content (AvgIpc) is 2.82. The van der Waals surface area contributed by atoms with E-state index in [2.05, 4.69) is 12.6 Å². The average molecular weight is 246 g/mol. The van der Waals surface area contributed by atoms with Crippen LogP contribution in [0.5, 0.6) is 5.75 Å². The van der Waals surface area contributed by atoms with Gasteiger partial charge in [0.05, 0.1) is 12.0 Å². The zero-order valence-electron chi connectivity index (χ0n) is 10.6. The van der Waals surface area contributed by atoms with Gasteiger partial charge in [0.1, 0.15) is 5.75 Å². The van der Waals surface area contributed by atoms with Crippen LogP contribution in [0.3, 0.4) is 0 Å². The first-order valence-electron chi connectivity index (χ1n) is 6.17. The maximum atomic E-state index is 11.2. The Morgan fingerprint density at radius 1 is 1.61 bits per heavy atom. The molecule has 1 aliphatic rings. The molecule has 1 aromatic rings. The Kier molecular flexibility index (Phi) is 3.41. The largest absolute Gasteiger partial charge is 0.493 e. The van der Waals surface area contributed by atoms with Crippen LogP contribution in [-0.4, -0.2) is 17.7 Å². The van der Waals surface area contributed by atoms with Gasteiger partial charge in [0.15, 0.2) is 0 Å². The Balaban J connectivity index is 2.06. The summed E-state index contributed by atoms with van der Waals surface area (Å²) < 4.78 is 5.45. The number of rotatable bonds is 5. The topological polar surface area (TPSA) is 46.5 Å². The van der Waals surface area contributed by atoms with Crippen LogP contribution in [0.15, 0.2) is 30.9 Å². The summed E-state index contributed by atoms with van der Waals surface area (Å²) in [4.78, 5) is 11.2. The van der Waals surface area contributed by atoms with Gasteiger partial charge in [-0.05, 0) is 37.0 Å². The Bertz CT molecular complexity index is 479. The van der Waals surface area contributed by atoms with Crippen LogP contribution in [0.4, 0.5) is 0 Å². The second kappa shape index (κ2) is 4.84. The van der Waals surface area contributed by atoms with E-state index in [9.17, 15) is 9.90 Å². The highest BCUT2D eigenvalue weighted by Gasteiger charge is 2.29. The summed E-state index contributed by atoms with van der Waals surface area (Å²) in [5, 5.41) is 9.17. The third-order valence-electron chi connectivity index (χ3n) is 3.63. The molecule has 1 heterocycles. The summed E-state index contributed by atoms with van der Waals surface area (Å²) in [6.07, 6.45) is 3.76. The smallest absolute Gasteiger partial charge is 0.313 e. The summed E-state index contributed by atoms with van der Waals surface area (Å²) in [6, 6.07) is 6.10. The highest BCUT2D eigenvalue weighted by molar-refractivity contribution is 5.76. The molecule has 0 saturated heterocycles. The van der Waals surface area contributed by atoms with Gasteiger partial charge in [-0.3, -0.25) is 4.79 Å². The van der Waals surface area contributed by atoms with Gasteiger partial charge in [0.25, 0.3) is 0 Å². The molecule has 18 heavy (non-hydrogen) atoms. The molecular formula is C15H18O3. The lowest BCUT2D eigenvalue weighted by molar-refractivity contribution is -0.145. The molecule has 2 rings (SSSR count). The van der Waals surface area contributed by atoms with Crippen molar-refractivity contribution in [2.24, 2.45) is 5.41 Å². The van der Waals surface area contributed by atoms with Gasteiger partial charge in [-0.25, -0.2) is 0 Å². The molecule has 1 aliphatic heterocycles. The van der Waals surface area contributed by atoms with Crippen molar-refractivity contribution in [2.45, 2.75) is 26.2 Å². The second-order valence-electron chi connectivity index (χ2n) is 4.97. The maximum absolute atomic E-state index is 11.2. The first-order valence-corrected chi connectivity index (χ1v) is 6.17. The molecule has 0 saturated carbocycles. The maximum Gasteiger partial charge on any atom is 0.313 e. The molecule has 0 spiro atoms. The lowest BCUT2D eigenvalue weighted by Gasteiger charge is -2.20. The number of fused-ring (bicyclic) bond motifs is 1. The zero-order valence-corrected chi connectivity index (χ0v) is 10.6. The van der Waals surface area contributed by atoms with Gasteiger partial charge in [-0.1, -0.05) is 18.2 Å². The van der Waals surface area contributed by atoms with Crippen LogP contribution in [0.1, 0.15) is 24.5 Å². The quantitative estimate of drug-likeness (QED) is 0.813. The van der Waals surface area contributed by atoms with Crippen molar-refractivity contribution in [1.29, 1.82) is 0 Å². The van der Waals surface area contributed by atoms with Crippen molar-refractivity contribution in [3.05, 3.63) is 42.0 Å². The molecule has 1 unspecified atom stereocenters. The van der Waals surface area contributed by atoms with Crippen LogP contribution < -0.4 is 4.74 Å². The third kappa shape index (κ3) is 2.40. The fourth-order valence-electron chi connectivity index (χ4n) is 2.10. The fraction of sp³-hybridized carbons (Fsp3) is 0.400. The summed E-state index contributed by atoms with van der Waals surface area (Å²) in [5.74, 6) is 0.144. The van der Waals surface area contributed by atoms with Crippen molar-refractivity contribution in [3.8, 4) is 5.75 Å². The molecule has 0 amide bonds. The summed E-state index contributed by atoms with van der Waals surface area (Å²) in [5.41, 5.74) is 1.53. The van der Waals surface area contributed by atoms with Crippen molar-refractivity contribution >= 4 is 5.97 Å². The van der Waals surface area contributed by atoms with Gasteiger partial charge in [0.2, 0.25) is 0 Å². The monoisotopic (exact) mass is 246 g/mol. The van der Waals surface area contributed by atoms with Crippen LogP contribution in [0, 0.1) is 5.41 Å². The molecule has 1 aromatic carbocycles. The van der Waals surface area contributed by atoms with Crippen LogP contribution in [0.25, 0.3) is 0 Å². The number of hydrogen-bond acceptors (Lipinski definition) is 2. The third-order valence-corrected chi connectivity index (χ3v) is 3.63. The SMILES string of the molecule is C=CC(C)(CCc1ccc2c(c1)CCO2)C(=O)O. The van der Waals surface area contributed by atoms with Gasteiger partial charge in [-0.15, -0.1) is 6.58 Å². The normalized spacial score (nSPS) is 16.5. The van der Waals surface area contributed by atoms with E-state index in [1.807, 2.05) is 12.1 Å². The fourth-order valence-corrected chi connectivity index (χ4v) is 2.10. The standard InChI is InChI=1S/C15H18O3/c1-3-15(2,14(16)17)8-6-11-4-5-13-12(10-11)7-9-18-13/h3-5,10H,1,6-9H2,2H3,(H,16,17). The van der Waals surface area contributed by atoms with E-state index in [0.717, 1.165) is 30.8 Å². The molecule has 0 fully saturated rings. The number of aryl methyl sites for hydroxylation is 1. The van der Waals surface area contributed by atoms with E-state index < -0.39 is 11.4 Å². The lowest BCUT2D eigenvalue weighted by Crippen LogP contribution is -2.25. The summed E-state index contributed by atoms with van der Waals surface area (Å²) in [6.45, 7) is 6.08. The minimum atomic E-state index is -0.852. The van der Waals surface area contributed by atoms with Crippen molar-refractivity contribution in [3.63, 3.8) is 0 Å². The first kappa shape index (κ1) is 12.7. The van der Waals surface area contributed by atoms with Gasteiger partial charge < -0.3 is 9.84 Å². The van der Waals surface area contributed by atoms with Gasteiger partial charge in [-0.2, -0.15) is 0 Å². The highest BCUT2D eigenvalue weighted by Crippen LogP contribution is 2.29. The van der Waals surface area contributed by atoms with E-state index >= 15 is 0 Å². The summed E-state index contributed by atoms with van der Waals surface area (Å²) >= 11 is 0. The molecule has 0 aliphatic carbocycles. The lowest BCUT2D eigenvalue weighted by atomic mass is 9.84. The zero-order chi connectivity index (χ0) is 13.2. The van der Waals surface area contributed by atoms with Crippen molar-refractivity contribution in [2.75, 3.05) is 6.61 Å². The molecule has 96 valence electrons. The Morgan fingerprint density at radius 3 is 3.06 bits per heavy atom. The second-order valence-corrected chi connectivity index (χ2v) is 4.97. The number of carboxylic acids is 1. The molecule has 3 heteroatoms. The van der Waals surface area contributed by atoms with Gasteiger partial charge in [0, 0.05) is 6.42 Å². The number of carbonyl (C=O) groups is 1. The predicted molar refractivity (Wildman–Crippen MR) is 69.9 cm³/mol. The van der Waals surface area contributed by atoms with E-state index in [1.54, 1.807) is 6.92 Å². The summed E-state index contributed by atoms with van der Waals surface area (Å²) in [7, 11) is 0. The minimum Gasteiger partial charge on any atom is -0.493 e. The molecule has 1 N–H and O–H groups in total. The first-order chi connectivity index (χ1) is 8.55. The number of hydrogen-bond donors (Lipinski definition) is 1. The predicted octanol–water partition coefficient (Wildman–Crippen LogP) is 2.83. The van der Waals surface area contributed by atoms with E-state index in [0.29, 0.717) is 6.42 Å². The molecule has 0 radical (unpaired) electrons. The number of benzene rings is 1. The minimum absolute atomic E-state index is 0.561. The van der Waals surface area contributed by atoms with Crippen LogP contribution >= 0.6 is 0 Å².